The zero-order chi connectivity index (χ0) is 22.7. The second-order valence-electron chi connectivity index (χ2n) is 10.3. The van der Waals surface area contributed by atoms with E-state index in [1.165, 1.54) is 12.0 Å². The number of carbonyl (C=O) groups is 2. The number of rotatable bonds is 6. The van der Waals surface area contributed by atoms with Crippen LogP contribution in [0.15, 0.2) is 54.7 Å². The minimum absolute atomic E-state index is 0.108. The highest BCUT2D eigenvalue weighted by Crippen LogP contribution is 2.59. The maximum atomic E-state index is 13.8. The van der Waals surface area contributed by atoms with Gasteiger partial charge in [0.1, 0.15) is 0 Å². The van der Waals surface area contributed by atoms with Crippen LogP contribution in [0.4, 0.5) is 0 Å². The summed E-state index contributed by atoms with van der Waals surface area (Å²) in [6.07, 6.45) is 10.8. The Labute approximate surface area is 197 Å². The molecule has 1 spiro atoms. The first kappa shape index (κ1) is 22.1. The largest absolute Gasteiger partial charge is 0.355 e. The number of hydrogen-bond donors (Lipinski definition) is 1. The van der Waals surface area contributed by atoms with Crippen LogP contribution >= 0.6 is 0 Å². The summed E-state index contributed by atoms with van der Waals surface area (Å²) in [5, 5.41) is 3.12. The van der Waals surface area contributed by atoms with Gasteiger partial charge >= 0.3 is 0 Å². The summed E-state index contributed by atoms with van der Waals surface area (Å²) >= 11 is 0. The molecule has 174 valence electrons. The average Bonchev–Trinajstić information content (AvgIpc) is 3.58. The molecule has 2 aromatic rings. The van der Waals surface area contributed by atoms with Crippen LogP contribution in [0.1, 0.15) is 62.6 Å². The first-order chi connectivity index (χ1) is 16.1. The summed E-state index contributed by atoms with van der Waals surface area (Å²) < 4.78 is 0. The van der Waals surface area contributed by atoms with Crippen molar-refractivity contribution in [2.75, 3.05) is 19.6 Å². The van der Waals surface area contributed by atoms with Gasteiger partial charge in [-0.1, -0.05) is 55.7 Å². The third-order valence-corrected chi connectivity index (χ3v) is 8.40. The summed E-state index contributed by atoms with van der Waals surface area (Å²) in [7, 11) is 0. The van der Waals surface area contributed by atoms with Gasteiger partial charge in [0.25, 0.3) is 0 Å². The molecule has 5 rings (SSSR count). The normalized spacial score (nSPS) is 23.2. The van der Waals surface area contributed by atoms with Crippen molar-refractivity contribution in [3.63, 3.8) is 0 Å². The minimum atomic E-state index is -0.351. The lowest BCUT2D eigenvalue weighted by molar-refractivity contribution is -0.140. The van der Waals surface area contributed by atoms with Crippen LogP contribution in [0, 0.1) is 11.3 Å². The summed E-state index contributed by atoms with van der Waals surface area (Å²) in [6, 6.07) is 16.3. The number of amides is 2. The van der Waals surface area contributed by atoms with E-state index in [4.69, 9.17) is 0 Å². The van der Waals surface area contributed by atoms with E-state index in [2.05, 4.69) is 39.5 Å². The molecule has 1 N–H and O–H groups in total. The predicted molar refractivity (Wildman–Crippen MR) is 129 cm³/mol. The number of nitrogens with zero attached hydrogens (tertiary/aromatic N) is 2. The van der Waals surface area contributed by atoms with Crippen molar-refractivity contribution in [2.45, 2.75) is 63.2 Å². The van der Waals surface area contributed by atoms with Crippen molar-refractivity contribution >= 4 is 11.8 Å². The maximum Gasteiger partial charge on any atom is 0.233 e. The van der Waals surface area contributed by atoms with Crippen LogP contribution in [0.25, 0.3) is 0 Å². The molecule has 2 heterocycles. The van der Waals surface area contributed by atoms with Gasteiger partial charge in [0.15, 0.2) is 0 Å². The van der Waals surface area contributed by atoms with E-state index in [1.807, 2.05) is 24.3 Å². The number of benzene rings is 1. The van der Waals surface area contributed by atoms with Gasteiger partial charge in [0.05, 0.1) is 5.41 Å². The number of aromatic nitrogens is 1. The quantitative estimate of drug-likeness (QED) is 0.722. The van der Waals surface area contributed by atoms with Crippen molar-refractivity contribution in [1.82, 2.24) is 15.2 Å². The van der Waals surface area contributed by atoms with Crippen molar-refractivity contribution in [3.05, 3.63) is 66.0 Å². The number of piperidine rings is 1. The summed E-state index contributed by atoms with van der Waals surface area (Å²) in [4.78, 5) is 33.0. The van der Waals surface area contributed by atoms with E-state index in [9.17, 15) is 9.59 Å². The highest BCUT2D eigenvalue weighted by molar-refractivity contribution is 5.89. The summed E-state index contributed by atoms with van der Waals surface area (Å²) in [5.74, 6) is 0.607. The standard InChI is InChI=1S/C28H35N3O2/c32-25(30-18-12-23-11-5-8-17-29-23)24-21-27(24)15-19-31(20-16-27)26(33)28(13-6-2-7-14-28)22-9-3-1-4-10-22/h1,3-5,8-11,17,24H,2,6-7,12-16,18-21H2,(H,30,32)/t24-/m1/s1. The highest BCUT2D eigenvalue weighted by atomic mass is 16.2. The lowest BCUT2D eigenvalue weighted by atomic mass is 9.68. The molecule has 1 saturated heterocycles. The van der Waals surface area contributed by atoms with E-state index < -0.39 is 0 Å². The first-order valence-corrected chi connectivity index (χ1v) is 12.7. The zero-order valence-corrected chi connectivity index (χ0v) is 19.5. The zero-order valence-electron chi connectivity index (χ0n) is 19.5. The Balaban J connectivity index is 1.16. The van der Waals surface area contributed by atoms with Gasteiger partial charge in [0, 0.05) is 43.9 Å². The molecule has 5 nitrogen and oxygen atoms in total. The average molecular weight is 446 g/mol. The third kappa shape index (κ3) is 4.42. The molecule has 2 saturated carbocycles. The molecule has 1 aliphatic heterocycles. The third-order valence-electron chi connectivity index (χ3n) is 8.40. The second-order valence-corrected chi connectivity index (χ2v) is 10.3. The molecule has 33 heavy (non-hydrogen) atoms. The molecule has 0 radical (unpaired) electrons. The first-order valence-electron chi connectivity index (χ1n) is 12.7. The Hall–Kier alpha value is -2.69. The molecule has 0 unspecified atom stereocenters. The Morgan fingerprint density at radius 3 is 2.36 bits per heavy atom. The Kier molecular flexibility index (Phi) is 6.22. The van der Waals surface area contributed by atoms with Crippen molar-refractivity contribution in [2.24, 2.45) is 11.3 Å². The SMILES string of the molecule is O=C(NCCc1ccccn1)[C@H]1CC12CCN(C(=O)C1(c3ccccc3)CCCCC1)CC2. The van der Waals surface area contributed by atoms with E-state index in [0.717, 1.165) is 70.2 Å². The maximum absolute atomic E-state index is 13.8. The van der Waals surface area contributed by atoms with Gasteiger partial charge in [-0.3, -0.25) is 14.6 Å². The highest BCUT2D eigenvalue weighted by Gasteiger charge is 2.59. The molecule has 1 aromatic carbocycles. The van der Waals surface area contributed by atoms with Crippen LogP contribution in [-0.2, 0) is 21.4 Å². The second kappa shape index (κ2) is 9.28. The van der Waals surface area contributed by atoms with Crippen molar-refractivity contribution in [1.29, 1.82) is 0 Å². The molecule has 3 fully saturated rings. The monoisotopic (exact) mass is 445 g/mol. The van der Waals surface area contributed by atoms with Crippen molar-refractivity contribution < 1.29 is 9.59 Å². The van der Waals surface area contributed by atoms with Crippen molar-refractivity contribution in [3.8, 4) is 0 Å². The molecule has 1 aromatic heterocycles. The fraction of sp³-hybridized carbons (Fsp3) is 0.536. The Morgan fingerprint density at radius 1 is 0.939 bits per heavy atom. The molecule has 2 aliphatic carbocycles. The molecule has 1 atom stereocenters. The Morgan fingerprint density at radius 2 is 1.67 bits per heavy atom. The number of hydrogen-bond acceptors (Lipinski definition) is 3. The number of likely N-dealkylation sites (tertiary alicyclic amines) is 1. The molecular weight excluding hydrogens is 410 g/mol. The molecule has 3 aliphatic rings. The van der Waals surface area contributed by atoms with Gasteiger partial charge in [-0.15, -0.1) is 0 Å². The number of carbonyl (C=O) groups excluding carboxylic acids is 2. The predicted octanol–water partition coefficient (Wildman–Crippen LogP) is 4.27. The smallest absolute Gasteiger partial charge is 0.233 e. The van der Waals surface area contributed by atoms with Gasteiger partial charge in [-0.2, -0.15) is 0 Å². The number of nitrogens with one attached hydrogen (secondary N) is 1. The van der Waals surface area contributed by atoms with E-state index in [1.54, 1.807) is 6.20 Å². The minimum Gasteiger partial charge on any atom is -0.355 e. The molecule has 5 heteroatoms. The van der Waals surface area contributed by atoms with Crippen LogP contribution in [0.5, 0.6) is 0 Å². The van der Waals surface area contributed by atoms with Gasteiger partial charge in [-0.25, -0.2) is 0 Å². The summed E-state index contributed by atoms with van der Waals surface area (Å²) in [6.45, 7) is 2.20. The van der Waals surface area contributed by atoms with E-state index in [0.29, 0.717) is 12.5 Å². The molecular formula is C28H35N3O2. The van der Waals surface area contributed by atoms with Crippen LogP contribution in [-0.4, -0.2) is 41.3 Å². The summed E-state index contributed by atoms with van der Waals surface area (Å²) in [5.41, 5.74) is 1.95. The fourth-order valence-corrected chi connectivity index (χ4v) is 6.25. The van der Waals surface area contributed by atoms with Gasteiger partial charge in [0.2, 0.25) is 11.8 Å². The van der Waals surface area contributed by atoms with Gasteiger partial charge < -0.3 is 10.2 Å². The topological polar surface area (TPSA) is 62.3 Å². The van der Waals surface area contributed by atoms with Crippen LogP contribution in [0.2, 0.25) is 0 Å². The fourth-order valence-electron chi connectivity index (χ4n) is 6.25. The lowest BCUT2D eigenvalue weighted by Gasteiger charge is -2.43. The van der Waals surface area contributed by atoms with E-state index >= 15 is 0 Å². The van der Waals surface area contributed by atoms with Gasteiger partial charge in [-0.05, 0) is 55.2 Å². The van der Waals surface area contributed by atoms with Crippen LogP contribution in [0.3, 0.4) is 0 Å². The molecule has 2 amide bonds. The van der Waals surface area contributed by atoms with E-state index in [-0.39, 0.29) is 22.7 Å². The Bertz CT molecular complexity index is 961. The molecule has 0 bridgehead atoms. The lowest BCUT2D eigenvalue weighted by Crippen LogP contribution is -2.51. The number of pyridine rings is 1. The van der Waals surface area contributed by atoms with Crippen LogP contribution < -0.4 is 5.32 Å².